The fraction of sp³-hybridized carbons (Fsp3) is 0.167. The van der Waals surface area contributed by atoms with Crippen LogP contribution in [-0.2, 0) is 9.53 Å². The number of carbonyl (C=O) groups is 2. The van der Waals surface area contributed by atoms with Crippen LogP contribution in [0.4, 0.5) is 5.69 Å². The molecule has 2 aromatic heterocycles. The number of aromatic nitrogens is 2. The minimum Gasteiger partial charge on any atom is -0.448 e. The number of carbonyl (C=O) groups excluding carboxylic acids is 2. The summed E-state index contributed by atoms with van der Waals surface area (Å²) in [5, 5.41) is 0. The number of rotatable bonds is 4. The number of anilines is 1. The number of esters is 1. The van der Waals surface area contributed by atoms with Gasteiger partial charge in [0.2, 0.25) is 0 Å². The molecule has 0 aliphatic rings. The first-order chi connectivity index (χ1) is 11.6. The van der Waals surface area contributed by atoms with E-state index in [0.29, 0.717) is 5.65 Å². The smallest absolute Gasteiger partial charge is 0.359 e. The number of benzene rings is 1. The monoisotopic (exact) mass is 323 g/mol. The van der Waals surface area contributed by atoms with Crippen molar-refractivity contribution in [3.63, 3.8) is 0 Å². The molecule has 0 aliphatic heterocycles. The highest BCUT2D eigenvalue weighted by molar-refractivity contribution is 5.98. The van der Waals surface area contributed by atoms with Crippen LogP contribution in [0.25, 0.3) is 5.65 Å². The van der Waals surface area contributed by atoms with Crippen LogP contribution in [-0.4, -0.2) is 34.4 Å². The van der Waals surface area contributed by atoms with Crippen molar-refractivity contribution in [2.45, 2.75) is 13.0 Å². The lowest BCUT2D eigenvalue weighted by molar-refractivity contribution is -0.126. The second kappa shape index (κ2) is 6.54. The van der Waals surface area contributed by atoms with Crippen LogP contribution in [0, 0.1) is 0 Å². The van der Waals surface area contributed by atoms with Crippen molar-refractivity contribution >= 4 is 23.2 Å². The average molecular weight is 323 g/mol. The molecule has 0 unspecified atom stereocenters. The summed E-state index contributed by atoms with van der Waals surface area (Å²) in [5.74, 6) is -0.931. The first kappa shape index (κ1) is 15.7. The Kier molecular flexibility index (Phi) is 4.29. The zero-order valence-corrected chi connectivity index (χ0v) is 13.4. The van der Waals surface area contributed by atoms with Crippen LogP contribution in [0.1, 0.15) is 17.4 Å². The highest BCUT2D eigenvalue weighted by Crippen LogP contribution is 2.14. The molecule has 3 rings (SSSR count). The van der Waals surface area contributed by atoms with Crippen molar-refractivity contribution in [3.8, 4) is 0 Å². The number of fused-ring (bicyclic) bond motifs is 1. The second-order valence-corrected chi connectivity index (χ2v) is 5.37. The number of likely N-dealkylation sites (N-methyl/N-ethyl adjacent to an activating group) is 1. The third-order valence-electron chi connectivity index (χ3n) is 3.68. The summed E-state index contributed by atoms with van der Waals surface area (Å²) in [4.78, 5) is 30.3. The predicted molar refractivity (Wildman–Crippen MR) is 89.9 cm³/mol. The van der Waals surface area contributed by atoms with E-state index in [1.165, 1.54) is 4.90 Å². The zero-order chi connectivity index (χ0) is 17.1. The van der Waals surface area contributed by atoms with Gasteiger partial charge in [-0.3, -0.25) is 4.79 Å². The molecule has 0 radical (unpaired) electrons. The van der Waals surface area contributed by atoms with Crippen molar-refractivity contribution in [1.82, 2.24) is 9.38 Å². The average Bonchev–Trinajstić information content (AvgIpc) is 3.05. The topological polar surface area (TPSA) is 63.9 Å². The van der Waals surface area contributed by atoms with E-state index in [-0.39, 0.29) is 11.6 Å². The highest BCUT2D eigenvalue weighted by Gasteiger charge is 2.24. The van der Waals surface area contributed by atoms with Crippen LogP contribution in [0.2, 0.25) is 0 Å². The van der Waals surface area contributed by atoms with E-state index in [1.807, 2.05) is 42.5 Å². The number of pyridine rings is 1. The molecular formula is C18H17N3O3. The fourth-order valence-electron chi connectivity index (χ4n) is 2.36. The number of hydrogen-bond acceptors (Lipinski definition) is 4. The maximum absolute atomic E-state index is 12.4. The predicted octanol–water partition coefficient (Wildman–Crippen LogP) is 2.54. The van der Waals surface area contributed by atoms with Gasteiger partial charge in [-0.15, -0.1) is 0 Å². The van der Waals surface area contributed by atoms with E-state index < -0.39 is 12.1 Å². The molecule has 6 heteroatoms. The van der Waals surface area contributed by atoms with E-state index in [9.17, 15) is 9.59 Å². The van der Waals surface area contributed by atoms with Crippen molar-refractivity contribution < 1.29 is 14.3 Å². The van der Waals surface area contributed by atoms with Crippen LogP contribution < -0.4 is 4.90 Å². The minimum atomic E-state index is -0.910. The molecule has 1 amide bonds. The maximum Gasteiger partial charge on any atom is 0.359 e. The van der Waals surface area contributed by atoms with E-state index in [0.717, 1.165) is 5.69 Å². The number of para-hydroxylation sites is 1. The van der Waals surface area contributed by atoms with Gasteiger partial charge in [0, 0.05) is 25.1 Å². The van der Waals surface area contributed by atoms with E-state index >= 15 is 0 Å². The zero-order valence-electron chi connectivity index (χ0n) is 13.4. The van der Waals surface area contributed by atoms with E-state index in [4.69, 9.17) is 4.74 Å². The van der Waals surface area contributed by atoms with Crippen molar-refractivity contribution in [3.05, 3.63) is 66.6 Å². The first-order valence-corrected chi connectivity index (χ1v) is 7.53. The molecule has 0 fully saturated rings. The molecule has 122 valence electrons. The lowest BCUT2D eigenvalue weighted by Gasteiger charge is -2.21. The van der Waals surface area contributed by atoms with Crippen molar-refractivity contribution in [2.75, 3.05) is 11.9 Å². The Morgan fingerprint density at radius 2 is 1.83 bits per heavy atom. The van der Waals surface area contributed by atoms with Crippen molar-refractivity contribution in [1.29, 1.82) is 0 Å². The van der Waals surface area contributed by atoms with Crippen LogP contribution in [0.3, 0.4) is 0 Å². The SMILES string of the molecule is C[C@@H](OC(=O)c1cn2ccccc2n1)C(=O)N(C)c1ccccc1. The molecule has 1 atom stereocenters. The number of hydrogen-bond donors (Lipinski definition) is 0. The van der Waals surface area contributed by atoms with Gasteiger partial charge in [0.1, 0.15) is 5.65 Å². The molecule has 0 aliphatic carbocycles. The molecular weight excluding hydrogens is 306 g/mol. The summed E-state index contributed by atoms with van der Waals surface area (Å²) in [5.41, 5.74) is 1.55. The molecule has 3 aromatic rings. The molecule has 24 heavy (non-hydrogen) atoms. The fourth-order valence-corrected chi connectivity index (χ4v) is 2.36. The van der Waals surface area contributed by atoms with Gasteiger partial charge in [-0.2, -0.15) is 0 Å². The van der Waals surface area contributed by atoms with Crippen LogP contribution in [0.5, 0.6) is 0 Å². The Hall–Kier alpha value is -3.15. The summed E-state index contributed by atoms with van der Waals surface area (Å²) in [7, 11) is 1.65. The van der Waals surface area contributed by atoms with Gasteiger partial charge in [0.25, 0.3) is 5.91 Å². The largest absolute Gasteiger partial charge is 0.448 e. The number of imidazole rings is 1. The molecule has 0 saturated carbocycles. The minimum absolute atomic E-state index is 0.170. The third kappa shape index (κ3) is 3.12. The molecule has 1 aromatic carbocycles. The Morgan fingerprint density at radius 3 is 2.54 bits per heavy atom. The van der Waals surface area contributed by atoms with Gasteiger partial charge >= 0.3 is 5.97 Å². The molecule has 0 saturated heterocycles. The summed E-state index contributed by atoms with van der Waals surface area (Å²) >= 11 is 0. The maximum atomic E-state index is 12.4. The van der Waals surface area contributed by atoms with E-state index in [1.54, 1.807) is 36.8 Å². The standard InChI is InChI=1S/C18H17N3O3/c1-13(17(22)20(2)14-8-4-3-5-9-14)24-18(23)15-12-21-11-7-6-10-16(21)19-15/h3-13H,1-2H3/t13-/m1/s1. The van der Waals surface area contributed by atoms with Gasteiger partial charge in [-0.05, 0) is 31.2 Å². The van der Waals surface area contributed by atoms with Crippen molar-refractivity contribution in [2.24, 2.45) is 0 Å². The Balaban J connectivity index is 1.70. The number of nitrogens with zero attached hydrogens (tertiary/aromatic N) is 3. The third-order valence-corrected chi connectivity index (χ3v) is 3.68. The molecule has 0 N–H and O–H groups in total. The van der Waals surface area contributed by atoms with Gasteiger partial charge in [-0.1, -0.05) is 24.3 Å². The Bertz CT molecular complexity index is 840. The van der Waals surface area contributed by atoms with Gasteiger partial charge in [0.05, 0.1) is 0 Å². The Labute approximate surface area is 139 Å². The summed E-state index contributed by atoms with van der Waals surface area (Å²) in [6, 6.07) is 14.6. The van der Waals surface area contributed by atoms with Gasteiger partial charge < -0.3 is 14.0 Å². The lowest BCUT2D eigenvalue weighted by Crippen LogP contribution is -2.37. The second-order valence-electron chi connectivity index (χ2n) is 5.37. The quantitative estimate of drug-likeness (QED) is 0.692. The lowest BCUT2D eigenvalue weighted by atomic mass is 10.2. The molecule has 6 nitrogen and oxygen atoms in total. The summed E-state index contributed by atoms with van der Waals surface area (Å²) in [6.45, 7) is 1.55. The van der Waals surface area contributed by atoms with Crippen LogP contribution >= 0.6 is 0 Å². The molecule has 0 bridgehead atoms. The summed E-state index contributed by atoms with van der Waals surface area (Å²) < 4.78 is 6.99. The van der Waals surface area contributed by atoms with Crippen LogP contribution in [0.15, 0.2) is 60.9 Å². The molecule has 0 spiro atoms. The summed E-state index contributed by atoms with van der Waals surface area (Å²) in [6.07, 6.45) is 2.46. The van der Waals surface area contributed by atoms with E-state index in [2.05, 4.69) is 4.98 Å². The number of amides is 1. The Morgan fingerprint density at radius 1 is 1.12 bits per heavy atom. The number of ether oxygens (including phenoxy) is 1. The van der Waals surface area contributed by atoms with Gasteiger partial charge in [0.15, 0.2) is 11.8 Å². The first-order valence-electron chi connectivity index (χ1n) is 7.53. The van der Waals surface area contributed by atoms with Gasteiger partial charge in [-0.25, -0.2) is 9.78 Å². The highest BCUT2D eigenvalue weighted by atomic mass is 16.5. The molecule has 2 heterocycles. The normalized spacial score (nSPS) is 11.9.